The van der Waals surface area contributed by atoms with Crippen LogP contribution in [0, 0.1) is 0 Å². The van der Waals surface area contributed by atoms with Gasteiger partial charge in [-0.15, -0.1) is 11.3 Å². The topological polar surface area (TPSA) is 58.6 Å². The van der Waals surface area contributed by atoms with Crippen molar-refractivity contribution in [3.05, 3.63) is 352 Å². The summed E-state index contributed by atoms with van der Waals surface area (Å²) < 4.78 is 18.3. The van der Waals surface area contributed by atoms with Gasteiger partial charge in [-0.05, 0) is 162 Å². The number of benzene rings is 14. The van der Waals surface area contributed by atoms with Crippen molar-refractivity contribution in [1.82, 2.24) is 28.2 Å². The van der Waals surface area contributed by atoms with Gasteiger partial charge in [-0.3, -0.25) is 9.97 Å². The van der Waals surface area contributed by atoms with Crippen LogP contribution >= 0.6 is 11.3 Å². The van der Waals surface area contributed by atoms with E-state index in [0.29, 0.717) is 0 Å². The van der Waals surface area contributed by atoms with Crippen LogP contribution in [-0.4, -0.2) is 28.2 Å². The molecule has 0 amide bonds. The van der Waals surface area contributed by atoms with Gasteiger partial charge in [-0.25, -0.2) is 0 Å². The van der Waals surface area contributed by atoms with E-state index in [2.05, 4.69) is 346 Å². The predicted molar refractivity (Wildman–Crippen MR) is 428 cm³/mol. The molecule has 0 aliphatic carbocycles. The molecule has 0 aliphatic rings. The van der Waals surface area contributed by atoms with E-state index in [1.54, 1.807) is 0 Å². The summed E-state index contributed by atoms with van der Waals surface area (Å²) in [6.45, 7) is 0. The van der Waals surface area contributed by atoms with Crippen LogP contribution in [-0.2, 0) is 0 Å². The van der Waals surface area contributed by atoms with Crippen LogP contribution in [0.3, 0.4) is 0 Å². The summed E-state index contributed by atoms with van der Waals surface area (Å²) in [5.41, 5.74) is 24.5. The summed E-state index contributed by atoms with van der Waals surface area (Å²) >= 11 is 1.84. The molecule has 22 rings (SSSR count). The molecule has 0 N–H and O–H groups in total. The molecule has 7 nitrogen and oxygen atoms in total. The van der Waals surface area contributed by atoms with E-state index in [0.717, 1.165) is 61.3 Å². The SMILES string of the molecule is c1ccc(-n2c3ccccc3c3cc(-c4ccc5c(c4)c4ccccc4n5-c4ccc(-c5cccc6c5oc5ccccc56)nc4)ccc32)cc1.c1ccc(-n2c3ccccc3c3cc(-c4ccc5c(c4)c4ccccc4n5-c4ccc(-c5cccc6c5sc5ccccc56)nc4)ccc32)cc1. The molecule has 0 bridgehead atoms. The molecule has 14 aromatic carbocycles. The molecule has 476 valence electrons. The standard InChI is InChI=1S/C47H29N3O.C47H29N3S/c2*1-2-11-32(12-3-1)49-42-18-7-4-13-34(42)39-27-30(21-25-44(39)49)31-22-26-45-40(28-31)35-14-5-8-19-43(35)50(45)33-23-24-41(48-29-33)38-17-10-16-37-36-15-6-9-20-46(36)51-47(37)38/h2*1-29H. The lowest BCUT2D eigenvalue weighted by molar-refractivity contribution is 0.670. The summed E-state index contributed by atoms with van der Waals surface area (Å²) in [5.74, 6) is 0. The van der Waals surface area contributed by atoms with Gasteiger partial charge in [0.05, 0.1) is 79.3 Å². The Labute approximate surface area is 589 Å². The minimum Gasteiger partial charge on any atom is -0.455 e. The van der Waals surface area contributed by atoms with Gasteiger partial charge in [0, 0.05) is 96.5 Å². The molecule has 0 unspecified atom stereocenters. The Balaban J connectivity index is 0.000000133. The first-order chi connectivity index (χ1) is 50.6. The van der Waals surface area contributed by atoms with E-state index in [1.165, 1.54) is 136 Å². The Morgan fingerprint density at radius 3 is 1.04 bits per heavy atom. The maximum absolute atomic E-state index is 6.32. The zero-order valence-corrected chi connectivity index (χ0v) is 55.8. The molecule has 0 saturated carbocycles. The lowest BCUT2D eigenvalue weighted by atomic mass is 10.0. The average molecular weight is 1320 g/mol. The second-order valence-electron chi connectivity index (χ2n) is 26.4. The number of fused-ring (bicyclic) bond motifs is 18. The second kappa shape index (κ2) is 23.1. The summed E-state index contributed by atoms with van der Waals surface area (Å²) in [6.07, 6.45) is 4.00. The maximum Gasteiger partial charge on any atom is 0.144 e. The number of hydrogen-bond donors (Lipinski definition) is 0. The number of thiophene rings is 1. The minimum atomic E-state index is 0.867. The molecule has 0 fully saturated rings. The number of furan rings is 1. The third-order valence-corrected chi connectivity index (χ3v) is 22.0. The van der Waals surface area contributed by atoms with Crippen molar-refractivity contribution in [3.63, 3.8) is 0 Å². The number of aromatic nitrogens is 6. The lowest BCUT2D eigenvalue weighted by Crippen LogP contribution is -1.95. The Kier molecular flexibility index (Phi) is 13.1. The largest absolute Gasteiger partial charge is 0.455 e. The van der Waals surface area contributed by atoms with Crippen molar-refractivity contribution < 1.29 is 4.42 Å². The van der Waals surface area contributed by atoms with E-state index in [4.69, 9.17) is 14.4 Å². The number of rotatable bonds is 8. The summed E-state index contributed by atoms with van der Waals surface area (Å²) in [4.78, 5) is 10.1. The third-order valence-electron chi connectivity index (χ3n) is 20.8. The van der Waals surface area contributed by atoms with E-state index in [9.17, 15) is 0 Å². The van der Waals surface area contributed by atoms with Crippen LogP contribution in [0.1, 0.15) is 0 Å². The number of hydrogen-bond acceptors (Lipinski definition) is 4. The lowest BCUT2D eigenvalue weighted by Gasteiger charge is -2.10. The molecule has 0 saturated heterocycles. The zero-order chi connectivity index (χ0) is 66.9. The van der Waals surface area contributed by atoms with Crippen LogP contribution in [0.25, 0.3) is 197 Å². The van der Waals surface area contributed by atoms with E-state index in [-0.39, 0.29) is 0 Å². The van der Waals surface area contributed by atoms with Crippen molar-refractivity contribution in [2.45, 2.75) is 0 Å². The number of nitrogens with zero attached hydrogens (tertiary/aromatic N) is 6. The Morgan fingerprint density at radius 1 is 0.235 bits per heavy atom. The van der Waals surface area contributed by atoms with E-state index >= 15 is 0 Å². The highest BCUT2D eigenvalue weighted by molar-refractivity contribution is 7.26. The molecule has 0 atom stereocenters. The van der Waals surface area contributed by atoms with Gasteiger partial charge in [0.1, 0.15) is 11.2 Å². The highest BCUT2D eigenvalue weighted by atomic mass is 32.1. The molecule has 102 heavy (non-hydrogen) atoms. The van der Waals surface area contributed by atoms with Crippen molar-refractivity contribution in [2.24, 2.45) is 0 Å². The predicted octanol–water partition coefficient (Wildman–Crippen LogP) is 25.5. The monoisotopic (exact) mass is 1320 g/mol. The molecular weight excluding hydrogens is 1260 g/mol. The molecule has 0 aliphatic heterocycles. The van der Waals surface area contributed by atoms with Crippen molar-refractivity contribution in [1.29, 1.82) is 0 Å². The van der Waals surface area contributed by atoms with Crippen LogP contribution < -0.4 is 0 Å². The fraction of sp³-hybridized carbons (Fsp3) is 0. The van der Waals surface area contributed by atoms with Crippen LogP contribution in [0.15, 0.2) is 357 Å². The van der Waals surface area contributed by atoms with Crippen molar-refractivity contribution in [3.8, 4) is 67.5 Å². The van der Waals surface area contributed by atoms with Crippen LogP contribution in [0.2, 0.25) is 0 Å². The number of para-hydroxylation sites is 8. The number of pyridine rings is 2. The first-order valence-electron chi connectivity index (χ1n) is 34.6. The fourth-order valence-corrected chi connectivity index (χ4v) is 17.4. The van der Waals surface area contributed by atoms with Crippen LogP contribution in [0.4, 0.5) is 0 Å². The Bertz CT molecular complexity index is 6680. The van der Waals surface area contributed by atoms with Gasteiger partial charge in [-0.1, -0.05) is 200 Å². The Morgan fingerprint density at radius 2 is 0.588 bits per heavy atom. The molecule has 0 radical (unpaired) electrons. The fourth-order valence-electron chi connectivity index (χ4n) is 16.1. The van der Waals surface area contributed by atoms with Gasteiger partial charge >= 0.3 is 0 Å². The second-order valence-corrected chi connectivity index (χ2v) is 27.4. The maximum atomic E-state index is 6.32. The Hall–Kier alpha value is -13.4. The first-order valence-corrected chi connectivity index (χ1v) is 35.4. The zero-order valence-electron chi connectivity index (χ0n) is 55.0. The molecule has 0 spiro atoms. The summed E-state index contributed by atoms with van der Waals surface area (Å²) in [6, 6.07) is 122. The van der Waals surface area contributed by atoms with Gasteiger partial charge < -0.3 is 22.7 Å². The van der Waals surface area contributed by atoms with E-state index in [1.807, 2.05) is 35.9 Å². The van der Waals surface area contributed by atoms with Crippen molar-refractivity contribution >= 4 is 141 Å². The van der Waals surface area contributed by atoms with Crippen LogP contribution in [0.5, 0.6) is 0 Å². The minimum absolute atomic E-state index is 0.867. The normalized spacial score (nSPS) is 11.9. The molecular formula is C94H58N6OS. The highest BCUT2D eigenvalue weighted by Gasteiger charge is 2.21. The average Bonchev–Trinajstić information content (AvgIpc) is 1.60. The summed E-state index contributed by atoms with van der Waals surface area (Å²) in [5, 5.41) is 14.7. The molecule has 8 aromatic heterocycles. The third kappa shape index (κ3) is 9.06. The first kappa shape index (κ1) is 57.6. The van der Waals surface area contributed by atoms with Gasteiger partial charge in [0.2, 0.25) is 0 Å². The van der Waals surface area contributed by atoms with Gasteiger partial charge in [0.15, 0.2) is 0 Å². The quantitative estimate of drug-likeness (QED) is 0.152. The van der Waals surface area contributed by atoms with E-state index < -0.39 is 0 Å². The molecule has 22 aromatic rings. The molecule has 8 heterocycles. The van der Waals surface area contributed by atoms with Crippen molar-refractivity contribution in [2.75, 3.05) is 0 Å². The highest BCUT2D eigenvalue weighted by Crippen LogP contribution is 2.44. The molecule has 8 heteroatoms. The van der Waals surface area contributed by atoms with Gasteiger partial charge in [-0.2, -0.15) is 0 Å². The smallest absolute Gasteiger partial charge is 0.144 e. The summed E-state index contributed by atoms with van der Waals surface area (Å²) in [7, 11) is 0. The van der Waals surface area contributed by atoms with Gasteiger partial charge in [0.25, 0.3) is 0 Å².